The number of hydrogen-bond acceptors (Lipinski definition) is 5. The van der Waals surface area contributed by atoms with Crippen LogP contribution in [0, 0.1) is 0 Å². The standard InChI is InChI=1S/C10H17N3O5/c1-5(14)4-6(11)10(18)13-7(9(12)17)2-3-8(15)16/h6-7H,2-4,11H2,1H3,(H2,12,17)(H,13,18)(H,15,16)/t6-,7+/m0/s1. The van der Waals surface area contributed by atoms with E-state index in [2.05, 4.69) is 5.32 Å². The van der Waals surface area contributed by atoms with Gasteiger partial charge in [0.15, 0.2) is 0 Å². The van der Waals surface area contributed by atoms with Crippen molar-refractivity contribution in [2.45, 2.75) is 38.3 Å². The molecule has 102 valence electrons. The van der Waals surface area contributed by atoms with Gasteiger partial charge in [-0.05, 0) is 13.3 Å². The number of nitrogens with one attached hydrogen (secondary N) is 1. The van der Waals surface area contributed by atoms with Crippen LogP contribution in [-0.2, 0) is 19.2 Å². The molecule has 0 saturated carbocycles. The third-order valence-corrected chi connectivity index (χ3v) is 2.15. The number of amides is 2. The topological polar surface area (TPSA) is 153 Å². The maximum Gasteiger partial charge on any atom is 0.303 e. The van der Waals surface area contributed by atoms with Crippen LogP contribution >= 0.6 is 0 Å². The van der Waals surface area contributed by atoms with Gasteiger partial charge in [0.2, 0.25) is 11.8 Å². The lowest BCUT2D eigenvalue weighted by atomic mass is 10.1. The molecule has 8 heteroatoms. The second kappa shape index (κ2) is 7.38. The van der Waals surface area contributed by atoms with Crippen LogP contribution in [0.5, 0.6) is 0 Å². The molecule has 18 heavy (non-hydrogen) atoms. The Balaban J connectivity index is 4.40. The summed E-state index contributed by atoms with van der Waals surface area (Å²) in [5.41, 5.74) is 10.4. The Kier molecular flexibility index (Phi) is 6.58. The summed E-state index contributed by atoms with van der Waals surface area (Å²) in [6, 6.07) is -2.18. The fourth-order valence-corrected chi connectivity index (χ4v) is 1.23. The number of carboxylic acids is 1. The highest BCUT2D eigenvalue weighted by Crippen LogP contribution is 1.99. The van der Waals surface area contributed by atoms with Gasteiger partial charge in [-0.3, -0.25) is 19.2 Å². The van der Waals surface area contributed by atoms with Gasteiger partial charge in [0.1, 0.15) is 11.8 Å². The summed E-state index contributed by atoms with van der Waals surface area (Å²) in [6.45, 7) is 1.28. The summed E-state index contributed by atoms with van der Waals surface area (Å²) in [4.78, 5) is 43.6. The van der Waals surface area contributed by atoms with Crippen molar-refractivity contribution in [3.05, 3.63) is 0 Å². The number of aliphatic carboxylic acids is 1. The van der Waals surface area contributed by atoms with E-state index in [4.69, 9.17) is 16.6 Å². The highest BCUT2D eigenvalue weighted by molar-refractivity contribution is 5.91. The van der Waals surface area contributed by atoms with Gasteiger partial charge < -0.3 is 21.9 Å². The van der Waals surface area contributed by atoms with Crippen LogP contribution in [0.15, 0.2) is 0 Å². The Hall–Kier alpha value is -1.96. The third-order valence-electron chi connectivity index (χ3n) is 2.15. The van der Waals surface area contributed by atoms with Gasteiger partial charge >= 0.3 is 5.97 Å². The molecule has 0 radical (unpaired) electrons. The molecule has 2 atom stereocenters. The van der Waals surface area contributed by atoms with E-state index in [1.54, 1.807) is 0 Å². The number of carbonyl (C=O) groups excluding carboxylic acids is 3. The van der Waals surface area contributed by atoms with Crippen LogP contribution in [0.1, 0.15) is 26.2 Å². The van der Waals surface area contributed by atoms with Crippen molar-refractivity contribution in [3.8, 4) is 0 Å². The van der Waals surface area contributed by atoms with Gasteiger partial charge in [0.05, 0.1) is 6.04 Å². The van der Waals surface area contributed by atoms with E-state index < -0.39 is 29.9 Å². The Labute approximate surface area is 104 Å². The summed E-state index contributed by atoms with van der Waals surface area (Å²) in [6.07, 6.45) is -0.588. The molecule has 0 heterocycles. The number of Topliss-reactive ketones (excluding diaryl/α,β-unsaturated/α-hetero) is 1. The lowest BCUT2D eigenvalue weighted by molar-refractivity contribution is -0.137. The van der Waals surface area contributed by atoms with E-state index in [-0.39, 0.29) is 25.0 Å². The molecule has 8 nitrogen and oxygen atoms in total. The molecule has 0 aliphatic heterocycles. The van der Waals surface area contributed by atoms with Crippen molar-refractivity contribution in [1.29, 1.82) is 0 Å². The third kappa shape index (κ3) is 6.59. The smallest absolute Gasteiger partial charge is 0.303 e. The molecule has 0 aromatic heterocycles. The minimum atomic E-state index is -1.11. The first-order chi connectivity index (χ1) is 8.23. The van der Waals surface area contributed by atoms with Gasteiger partial charge in [-0.15, -0.1) is 0 Å². The average molecular weight is 259 g/mol. The van der Waals surface area contributed by atoms with E-state index in [0.29, 0.717) is 0 Å². The van der Waals surface area contributed by atoms with Crippen molar-refractivity contribution in [3.63, 3.8) is 0 Å². The van der Waals surface area contributed by atoms with Gasteiger partial charge in [-0.25, -0.2) is 0 Å². The number of rotatable bonds is 8. The molecule has 0 saturated heterocycles. The van der Waals surface area contributed by atoms with Crippen LogP contribution < -0.4 is 16.8 Å². The first kappa shape index (κ1) is 16.0. The van der Waals surface area contributed by atoms with Crippen LogP contribution in [0.4, 0.5) is 0 Å². The molecular formula is C10H17N3O5. The Bertz CT molecular complexity index is 355. The number of nitrogens with two attached hydrogens (primary N) is 2. The summed E-state index contributed by atoms with van der Waals surface area (Å²) >= 11 is 0. The van der Waals surface area contributed by atoms with E-state index in [0.717, 1.165) is 0 Å². The first-order valence-electron chi connectivity index (χ1n) is 5.30. The molecule has 6 N–H and O–H groups in total. The molecule has 0 aromatic rings. The summed E-state index contributed by atoms with van der Waals surface area (Å²) < 4.78 is 0. The van der Waals surface area contributed by atoms with Gasteiger partial charge in [0.25, 0.3) is 0 Å². The van der Waals surface area contributed by atoms with Crippen LogP contribution in [0.2, 0.25) is 0 Å². The molecular weight excluding hydrogens is 242 g/mol. The quantitative estimate of drug-likeness (QED) is 0.400. The second-order valence-corrected chi connectivity index (χ2v) is 3.91. The van der Waals surface area contributed by atoms with Crippen molar-refractivity contribution >= 4 is 23.6 Å². The molecule has 0 aromatic carbocycles. The van der Waals surface area contributed by atoms with Crippen molar-refractivity contribution in [2.24, 2.45) is 11.5 Å². The highest BCUT2D eigenvalue weighted by Gasteiger charge is 2.23. The van der Waals surface area contributed by atoms with Crippen LogP contribution in [0.3, 0.4) is 0 Å². The Morgan fingerprint density at radius 3 is 2.22 bits per heavy atom. The fourth-order valence-electron chi connectivity index (χ4n) is 1.23. The van der Waals surface area contributed by atoms with Crippen molar-refractivity contribution in [2.75, 3.05) is 0 Å². The molecule has 0 rings (SSSR count). The largest absolute Gasteiger partial charge is 0.481 e. The maximum atomic E-state index is 11.5. The average Bonchev–Trinajstić information content (AvgIpc) is 2.21. The molecule has 0 bridgehead atoms. The van der Waals surface area contributed by atoms with Crippen LogP contribution in [0.25, 0.3) is 0 Å². The zero-order valence-electron chi connectivity index (χ0n) is 10.0. The Morgan fingerprint density at radius 2 is 1.83 bits per heavy atom. The fraction of sp³-hybridized carbons (Fsp3) is 0.600. The van der Waals surface area contributed by atoms with Gasteiger partial charge in [-0.1, -0.05) is 0 Å². The lowest BCUT2D eigenvalue weighted by Gasteiger charge is -2.17. The Morgan fingerprint density at radius 1 is 1.28 bits per heavy atom. The first-order valence-corrected chi connectivity index (χ1v) is 5.30. The minimum Gasteiger partial charge on any atom is -0.481 e. The normalized spacial score (nSPS) is 13.4. The zero-order chi connectivity index (χ0) is 14.3. The predicted molar refractivity (Wildman–Crippen MR) is 61.3 cm³/mol. The van der Waals surface area contributed by atoms with E-state index in [9.17, 15) is 19.2 Å². The molecule has 0 spiro atoms. The number of carboxylic acid groups (broad SMARTS) is 1. The van der Waals surface area contributed by atoms with E-state index in [1.165, 1.54) is 6.92 Å². The van der Waals surface area contributed by atoms with Gasteiger partial charge in [-0.2, -0.15) is 0 Å². The van der Waals surface area contributed by atoms with Crippen molar-refractivity contribution < 1.29 is 24.3 Å². The molecule has 0 aliphatic carbocycles. The SMILES string of the molecule is CC(=O)C[C@H](N)C(=O)N[C@H](CCC(=O)O)C(N)=O. The summed E-state index contributed by atoms with van der Waals surface area (Å²) in [5, 5.41) is 10.7. The number of ketones is 1. The monoisotopic (exact) mass is 259 g/mol. The highest BCUT2D eigenvalue weighted by atomic mass is 16.4. The molecule has 0 unspecified atom stereocenters. The molecule has 0 aliphatic rings. The zero-order valence-corrected chi connectivity index (χ0v) is 10.0. The summed E-state index contributed by atoms with van der Waals surface area (Å²) in [5.74, 6) is -2.93. The molecule has 2 amide bonds. The van der Waals surface area contributed by atoms with Gasteiger partial charge in [0, 0.05) is 12.8 Å². The summed E-state index contributed by atoms with van der Waals surface area (Å²) in [7, 11) is 0. The minimum absolute atomic E-state index is 0.122. The second-order valence-electron chi connectivity index (χ2n) is 3.91. The van der Waals surface area contributed by atoms with E-state index >= 15 is 0 Å². The lowest BCUT2D eigenvalue weighted by Crippen LogP contribution is -2.50. The predicted octanol–water partition coefficient (Wildman–Crippen LogP) is -1.87. The van der Waals surface area contributed by atoms with Crippen LogP contribution in [-0.4, -0.2) is 40.8 Å². The van der Waals surface area contributed by atoms with Crippen molar-refractivity contribution in [1.82, 2.24) is 5.32 Å². The number of hydrogen-bond donors (Lipinski definition) is 4. The maximum absolute atomic E-state index is 11.5. The molecule has 0 fully saturated rings. The van der Waals surface area contributed by atoms with E-state index in [1.807, 2.05) is 0 Å². The number of primary amides is 1. The number of carbonyl (C=O) groups is 4.